The third-order valence-corrected chi connectivity index (χ3v) is 5.42. The summed E-state index contributed by atoms with van der Waals surface area (Å²) in [5.74, 6) is -2.05. The highest BCUT2D eigenvalue weighted by atomic mass is 19.1. The summed E-state index contributed by atoms with van der Waals surface area (Å²) in [6.07, 6.45) is 0.473. The number of rotatable bonds is 3. The molecule has 0 saturated heterocycles. The summed E-state index contributed by atoms with van der Waals surface area (Å²) < 4.78 is 47.9. The van der Waals surface area contributed by atoms with Crippen LogP contribution in [0.2, 0.25) is 0 Å². The standard InChI is InChI=1S/C22H16F3N5O2/c1-29-18-8-9-30(22(31)15-10-14(24)6-7-17(15)25)11-16(18)19(27-29)21-26-20(28-32-21)12-2-4-13(23)5-3-12/h2-7,10H,8-9,11H2,1H3. The molecule has 7 nitrogen and oxygen atoms in total. The van der Waals surface area contributed by atoms with Gasteiger partial charge in [-0.3, -0.25) is 9.48 Å². The van der Waals surface area contributed by atoms with Crippen LogP contribution in [0, 0.1) is 17.5 Å². The molecule has 0 saturated carbocycles. The van der Waals surface area contributed by atoms with Gasteiger partial charge in [0.2, 0.25) is 5.82 Å². The van der Waals surface area contributed by atoms with Gasteiger partial charge in [0.15, 0.2) is 5.69 Å². The number of carbonyl (C=O) groups is 1. The molecule has 0 N–H and O–H groups in total. The maximum Gasteiger partial charge on any atom is 0.279 e. The van der Waals surface area contributed by atoms with E-state index in [1.165, 1.54) is 29.2 Å². The fourth-order valence-electron chi connectivity index (χ4n) is 3.81. The highest BCUT2D eigenvalue weighted by molar-refractivity contribution is 5.94. The Morgan fingerprint density at radius 1 is 1.06 bits per heavy atom. The molecule has 10 heteroatoms. The van der Waals surface area contributed by atoms with Crippen LogP contribution >= 0.6 is 0 Å². The van der Waals surface area contributed by atoms with E-state index in [9.17, 15) is 18.0 Å². The molecule has 4 aromatic rings. The lowest BCUT2D eigenvalue weighted by atomic mass is 10.0. The largest absolute Gasteiger partial charge is 0.334 e. The summed E-state index contributed by atoms with van der Waals surface area (Å²) in [5, 5.41) is 8.41. The number of fused-ring (bicyclic) bond motifs is 1. The zero-order valence-corrected chi connectivity index (χ0v) is 16.8. The van der Waals surface area contributed by atoms with Crippen LogP contribution in [0.25, 0.3) is 23.0 Å². The molecular formula is C22H16F3N5O2. The Balaban J connectivity index is 1.47. The van der Waals surface area contributed by atoms with E-state index in [4.69, 9.17) is 4.52 Å². The Morgan fingerprint density at radius 3 is 2.59 bits per heavy atom. The number of carbonyl (C=O) groups excluding carboxylic acids is 1. The average Bonchev–Trinajstić information content (AvgIpc) is 3.40. The van der Waals surface area contributed by atoms with Crippen LogP contribution in [-0.4, -0.2) is 37.3 Å². The third kappa shape index (κ3) is 3.43. The van der Waals surface area contributed by atoms with Crippen molar-refractivity contribution in [2.45, 2.75) is 13.0 Å². The summed E-state index contributed by atoms with van der Waals surface area (Å²) in [6.45, 7) is 0.451. The first-order chi connectivity index (χ1) is 15.4. The first-order valence-corrected chi connectivity index (χ1v) is 9.80. The van der Waals surface area contributed by atoms with Gasteiger partial charge < -0.3 is 9.42 Å². The van der Waals surface area contributed by atoms with Crippen molar-refractivity contribution < 1.29 is 22.5 Å². The fraction of sp³-hybridized carbons (Fsp3) is 0.182. The van der Waals surface area contributed by atoms with Crippen molar-refractivity contribution in [3.63, 3.8) is 0 Å². The highest BCUT2D eigenvalue weighted by Gasteiger charge is 2.31. The smallest absolute Gasteiger partial charge is 0.279 e. The van der Waals surface area contributed by atoms with Crippen molar-refractivity contribution in [3.05, 3.63) is 76.7 Å². The zero-order valence-electron chi connectivity index (χ0n) is 16.8. The molecule has 0 bridgehead atoms. The second-order valence-electron chi connectivity index (χ2n) is 7.43. The topological polar surface area (TPSA) is 77.1 Å². The zero-order chi connectivity index (χ0) is 22.4. The Bertz CT molecular complexity index is 1330. The minimum atomic E-state index is -0.783. The predicted molar refractivity (Wildman–Crippen MR) is 107 cm³/mol. The van der Waals surface area contributed by atoms with E-state index in [1.54, 1.807) is 11.7 Å². The summed E-state index contributed by atoms with van der Waals surface area (Å²) >= 11 is 0. The Kier molecular flexibility index (Phi) is 4.76. The van der Waals surface area contributed by atoms with E-state index in [2.05, 4.69) is 15.2 Å². The second-order valence-corrected chi connectivity index (χ2v) is 7.43. The van der Waals surface area contributed by atoms with Crippen molar-refractivity contribution in [2.75, 3.05) is 6.54 Å². The van der Waals surface area contributed by atoms with Gasteiger partial charge in [-0.15, -0.1) is 0 Å². The van der Waals surface area contributed by atoms with Crippen molar-refractivity contribution in [1.82, 2.24) is 24.8 Å². The van der Waals surface area contributed by atoms with E-state index < -0.39 is 17.5 Å². The lowest BCUT2D eigenvalue weighted by molar-refractivity contribution is 0.0728. The van der Waals surface area contributed by atoms with Gasteiger partial charge in [0.05, 0.1) is 12.1 Å². The molecule has 162 valence electrons. The predicted octanol–water partition coefficient (Wildman–Crippen LogP) is 3.75. The van der Waals surface area contributed by atoms with Gasteiger partial charge in [-0.2, -0.15) is 10.1 Å². The molecule has 32 heavy (non-hydrogen) atoms. The van der Waals surface area contributed by atoms with E-state index >= 15 is 0 Å². The van der Waals surface area contributed by atoms with Gasteiger partial charge in [-0.05, 0) is 42.5 Å². The molecular weight excluding hydrogens is 423 g/mol. The fourth-order valence-corrected chi connectivity index (χ4v) is 3.81. The number of aryl methyl sites for hydroxylation is 1. The quantitative estimate of drug-likeness (QED) is 0.486. The summed E-state index contributed by atoms with van der Waals surface area (Å²) in [4.78, 5) is 18.7. The highest BCUT2D eigenvalue weighted by Crippen LogP contribution is 2.31. The molecule has 0 radical (unpaired) electrons. The van der Waals surface area contributed by atoms with Crippen molar-refractivity contribution in [1.29, 1.82) is 0 Å². The Morgan fingerprint density at radius 2 is 1.81 bits per heavy atom. The first-order valence-electron chi connectivity index (χ1n) is 9.80. The van der Waals surface area contributed by atoms with Crippen LogP contribution in [-0.2, 0) is 20.0 Å². The number of nitrogens with zero attached hydrogens (tertiary/aromatic N) is 5. The maximum absolute atomic E-state index is 14.1. The normalized spacial score (nSPS) is 13.3. The monoisotopic (exact) mass is 439 g/mol. The minimum absolute atomic E-state index is 0.127. The van der Waals surface area contributed by atoms with Gasteiger partial charge in [-0.25, -0.2) is 13.2 Å². The number of hydrogen-bond donors (Lipinski definition) is 0. The van der Waals surface area contributed by atoms with Gasteiger partial charge in [0, 0.05) is 36.8 Å². The molecule has 0 atom stereocenters. The summed E-state index contributed by atoms with van der Waals surface area (Å²) in [5.41, 5.74) is 2.23. The molecule has 0 unspecified atom stereocenters. The molecule has 0 fully saturated rings. The number of hydrogen-bond acceptors (Lipinski definition) is 5. The van der Waals surface area contributed by atoms with Crippen LogP contribution in [0.1, 0.15) is 21.6 Å². The van der Waals surface area contributed by atoms with E-state index in [1.807, 2.05) is 0 Å². The van der Waals surface area contributed by atoms with Crippen LogP contribution in [0.3, 0.4) is 0 Å². The van der Waals surface area contributed by atoms with Gasteiger partial charge in [-0.1, -0.05) is 5.16 Å². The van der Waals surface area contributed by atoms with Gasteiger partial charge >= 0.3 is 0 Å². The number of halogens is 3. The maximum atomic E-state index is 14.1. The van der Waals surface area contributed by atoms with Crippen molar-refractivity contribution in [2.24, 2.45) is 7.05 Å². The van der Waals surface area contributed by atoms with E-state index in [-0.39, 0.29) is 29.6 Å². The van der Waals surface area contributed by atoms with E-state index in [0.717, 1.165) is 23.9 Å². The third-order valence-electron chi connectivity index (χ3n) is 5.42. The van der Waals surface area contributed by atoms with Crippen LogP contribution < -0.4 is 0 Å². The Hall–Kier alpha value is -3.95. The van der Waals surface area contributed by atoms with Crippen LogP contribution in [0.15, 0.2) is 47.0 Å². The second kappa shape index (κ2) is 7.63. The Labute approximate surface area is 180 Å². The molecule has 2 aromatic heterocycles. The average molecular weight is 439 g/mol. The lowest BCUT2D eigenvalue weighted by Crippen LogP contribution is -2.36. The van der Waals surface area contributed by atoms with Crippen LogP contribution in [0.4, 0.5) is 13.2 Å². The molecule has 0 spiro atoms. The first kappa shape index (κ1) is 20.0. The van der Waals surface area contributed by atoms with Crippen molar-refractivity contribution in [3.8, 4) is 23.0 Å². The molecule has 0 aliphatic carbocycles. The number of benzene rings is 2. The molecule has 3 heterocycles. The lowest BCUT2D eigenvalue weighted by Gasteiger charge is -2.27. The summed E-state index contributed by atoms with van der Waals surface area (Å²) in [7, 11) is 1.77. The molecule has 2 aromatic carbocycles. The van der Waals surface area contributed by atoms with Gasteiger partial charge in [0.1, 0.15) is 17.5 Å². The molecule has 1 amide bonds. The molecule has 5 rings (SSSR count). The SMILES string of the molecule is Cn1nc(-c2nc(-c3ccc(F)cc3)no2)c2c1CCN(C(=O)c1cc(F)ccc1F)C2. The van der Waals surface area contributed by atoms with Crippen LogP contribution in [0.5, 0.6) is 0 Å². The minimum Gasteiger partial charge on any atom is -0.334 e. The molecule has 1 aliphatic heterocycles. The van der Waals surface area contributed by atoms with Crippen molar-refractivity contribution >= 4 is 5.91 Å². The molecule has 1 aliphatic rings. The van der Waals surface area contributed by atoms with Gasteiger partial charge in [0.25, 0.3) is 11.8 Å². The number of aromatic nitrogens is 4. The van der Waals surface area contributed by atoms with E-state index in [0.29, 0.717) is 29.8 Å². The number of amides is 1. The summed E-state index contributed by atoms with van der Waals surface area (Å²) in [6, 6.07) is 8.45.